The van der Waals surface area contributed by atoms with E-state index in [0.29, 0.717) is 19.4 Å². The van der Waals surface area contributed by atoms with Crippen LogP contribution in [0.4, 0.5) is 0 Å². The summed E-state index contributed by atoms with van der Waals surface area (Å²) in [5.74, 6) is -4.76. The van der Waals surface area contributed by atoms with E-state index in [2.05, 4.69) is 0 Å². The Kier molecular flexibility index (Phi) is 6.58. The third-order valence-electron chi connectivity index (χ3n) is 5.65. The summed E-state index contributed by atoms with van der Waals surface area (Å²) < 4.78 is 11.2. The van der Waals surface area contributed by atoms with Crippen molar-refractivity contribution in [1.29, 1.82) is 0 Å². The van der Waals surface area contributed by atoms with Crippen molar-refractivity contribution in [1.82, 2.24) is 4.90 Å². The first-order chi connectivity index (χ1) is 12.1. The van der Waals surface area contributed by atoms with Gasteiger partial charge in [0.05, 0.1) is 18.2 Å². The van der Waals surface area contributed by atoms with Gasteiger partial charge < -0.3 is 19.5 Å². The van der Waals surface area contributed by atoms with Crippen LogP contribution < -0.4 is 0 Å². The Morgan fingerprint density at radius 3 is 2.46 bits per heavy atom. The molecule has 26 heavy (non-hydrogen) atoms. The number of piperidine rings is 1. The number of methoxy groups -OCH3 is 1. The molecule has 1 unspecified atom stereocenters. The van der Waals surface area contributed by atoms with Crippen molar-refractivity contribution in [2.24, 2.45) is 11.8 Å². The average Bonchev–Trinajstić information content (AvgIpc) is 2.62. The van der Waals surface area contributed by atoms with Crippen molar-refractivity contribution in [3.8, 4) is 0 Å². The van der Waals surface area contributed by atoms with Crippen LogP contribution in [0.15, 0.2) is 0 Å². The predicted molar refractivity (Wildman–Crippen MR) is 94.3 cm³/mol. The van der Waals surface area contributed by atoms with Crippen molar-refractivity contribution in [2.45, 2.75) is 77.4 Å². The number of hydrogen-bond acceptors (Lipinski definition) is 6. The molecule has 0 bridgehead atoms. The molecule has 0 saturated carbocycles. The van der Waals surface area contributed by atoms with Gasteiger partial charge in [0.15, 0.2) is 5.78 Å². The third kappa shape index (κ3) is 3.85. The van der Waals surface area contributed by atoms with E-state index in [1.807, 2.05) is 13.8 Å². The second kappa shape index (κ2) is 8.15. The molecule has 148 valence electrons. The van der Waals surface area contributed by atoms with Crippen LogP contribution >= 0.6 is 0 Å². The Labute approximate surface area is 155 Å². The Morgan fingerprint density at radius 2 is 1.92 bits per heavy atom. The van der Waals surface area contributed by atoms with Crippen LogP contribution in [0.2, 0.25) is 0 Å². The highest BCUT2D eigenvalue weighted by Crippen LogP contribution is 2.37. The van der Waals surface area contributed by atoms with E-state index in [-0.39, 0.29) is 17.8 Å². The van der Waals surface area contributed by atoms with Crippen molar-refractivity contribution in [3.63, 3.8) is 0 Å². The molecule has 0 aromatic rings. The number of nitrogens with zero attached hydrogens (tertiary/aromatic N) is 1. The lowest BCUT2D eigenvalue weighted by Crippen LogP contribution is -2.63. The second-order valence-electron chi connectivity index (χ2n) is 7.88. The van der Waals surface area contributed by atoms with E-state index in [1.165, 1.54) is 11.8 Å². The Bertz CT molecular complexity index is 562. The van der Waals surface area contributed by atoms with Crippen molar-refractivity contribution >= 4 is 17.5 Å². The zero-order valence-electron chi connectivity index (χ0n) is 16.4. The number of ether oxygens (including phenoxy) is 2. The largest absolute Gasteiger partial charge is 0.379 e. The van der Waals surface area contributed by atoms with Gasteiger partial charge >= 0.3 is 0 Å². The molecule has 0 aromatic carbocycles. The summed E-state index contributed by atoms with van der Waals surface area (Å²) in [5, 5.41) is 11.0. The number of Topliss-reactive ketones (excluding diaryl/α,β-unsaturated/α-hetero) is 2. The molecule has 2 aliphatic rings. The van der Waals surface area contributed by atoms with E-state index >= 15 is 0 Å². The summed E-state index contributed by atoms with van der Waals surface area (Å²) in [4.78, 5) is 39.0. The van der Waals surface area contributed by atoms with Gasteiger partial charge in [-0.25, -0.2) is 0 Å². The quantitative estimate of drug-likeness (QED) is 0.735. The number of carbonyl (C=O) groups is 3. The zero-order valence-corrected chi connectivity index (χ0v) is 16.4. The minimum atomic E-state index is -2.19. The maximum absolute atomic E-state index is 12.9. The van der Waals surface area contributed by atoms with Crippen LogP contribution in [-0.2, 0) is 23.9 Å². The van der Waals surface area contributed by atoms with E-state index in [9.17, 15) is 19.5 Å². The molecule has 7 nitrogen and oxygen atoms in total. The predicted octanol–water partition coefficient (Wildman–Crippen LogP) is 1.31. The number of amides is 1. The first-order valence-electron chi connectivity index (χ1n) is 9.42. The number of rotatable bonds is 5. The van der Waals surface area contributed by atoms with Crippen molar-refractivity contribution < 1.29 is 29.0 Å². The monoisotopic (exact) mass is 369 g/mol. The SMILES string of the molecule is CO[C@H]1C[C@@H](C)[C@](O)(C(=O)C(=O)N2CCCC[C@H]2C(C)=O)OC1C(C)C. The van der Waals surface area contributed by atoms with Crippen LogP contribution in [-0.4, -0.2) is 65.2 Å². The molecular formula is C19H31NO6. The fraction of sp³-hybridized carbons (Fsp3) is 0.842. The topological polar surface area (TPSA) is 93.1 Å². The van der Waals surface area contributed by atoms with Gasteiger partial charge in [-0.1, -0.05) is 20.8 Å². The molecule has 5 atom stereocenters. The lowest BCUT2D eigenvalue weighted by atomic mass is 9.82. The standard InChI is InChI=1S/C19H31NO6/c1-11(2)16-15(25-5)10-12(3)19(24,26-16)17(22)18(23)20-9-7-6-8-14(20)13(4)21/h11-12,14-16,24H,6-10H2,1-5H3/t12-,14+,15+,16?,19-/m1/s1. The van der Waals surface area contributed by atoms with Gasteiger partial charge in [0.1, 0.15) is 0 Å². The summed E-state index contributed by atoms with van der Waals surface area (Å²) >= 11 is 0. The minimum Gasteiger partial charge on any atom is -0.379 e. The van der Waals surface area contributed by atoms with Gasteiger partial charge in [0, 0.05) is 19.6 Å². The average molecular weight is 369 g/mol. The molecule has 0 radical (unpaired) electrons. The van der Waals surface area contributed by atoms with Crippen molar-refractivity contribution in [3.05, 3.63) is 0 Å². The number of hydrogen-bond donors (Lipinski definition) is 1. The fourth-order valence-electron chi connectivity index (χ4n) is 4.00. The van der Waals surface area contributed by atoms with Crippen LogP contribution in [0.25, 0.3) is 0 Å². The van der Waals surface area contributed by atoms with E-state index in [0.717, 1.165) is 12.8 Å². The number of carbonyl (C=O) groups excluding carboxylic acids is 3. The van der Waals surface area contributed by atoms with Crippen LogP contribution in [0.5, 0.6) is 0 Å². The van der Waals surface area contributed by atoms with E-state index < -0.39 is 35.5 Å². The van der Waals surface area contributed by atoms with Crippen LogP contribution in [0.1, 0.15) is 53.4 Å². The Hall–Kier alpha value is -1.31. The Balaban J connectivity index is 2.25. The molecule has 2 saturated heterocycles. The minimum absolute atomic E-state index is 0.00170. The lowest BCUT2D eigenvalue weighted by molar-refractivity contribution is -0.293. The summed E-state index contributed by atoms with van der Waals surface area (Å²) in [6.07, 6.45) is 1.77. The third-order valence-corrected chi connectivity index (χ3v) is 5.65. The molecule has 2 fully saturated rings. The second-order valence-corrected chi connectivity index (χ2v) is 7.88. The first kappa shape index (κ1) is 21.0. The molecule has 0 aliphatic carbocycles. The summed E-state index contributed by atoms with van der Waals surface area (Å²) in [7, 11) is 1.57. The number of likely N-dealkylation sites (tertiary alicyclic amines) is 1. The summed E-state index contributed by atoms with van der Waals surface area (Å²) in [6.45, 7) is 7.26. The molecular weight excluding hydrogens is 338 g/mol. The summed E-state index contributed by atoms with van der Waals surface area (Å²) in [6, 6.07) is -0.602. The van der Waals surface area contributed by atoms with E-state index in [1.54, 1.807) is 14.0 Å². The molecule has 1 amide bonds. The first-order valence-corrected chi connectivity index (χ1v) is 9.42. The molecule has 2 rings (SSSR count). The maximum atomic E-state index is 12.9. The molecule has 7 heteroatoms. The van der Waals surface area contributed by atoms with E-state index in [4.69, 9.17) is 9.47 Å². The molecule has 2 aliphatic heterocycles. The lowest BCUT2D eigenvalue weighted by Gasteiger charge is -2.46. The van der Waals surface area contributed by atoms with Gasteiger partial charge in [-0.2, -0.15) is 0 Å². The smallest absolute Gasteiger partial charge is 0.296 e. The molecule has 0 spiro atoms. The highest BCUT2D eigenvalue weighted by atomic mass is 16.7. The van der Waals surface area contributed by atoms with Gasteiger partial charge in [-0.15, -0.1) is 0 Å². The molecule has 0 aromatic heterocycles. The van der Waals surface area contributed by atoms with Crippen molar-refractivity contribution in [2.75, 3.05) is 13.7 Å². The number of aliphatic hydroxyl groups is 1. The van der Waals surface area contributed by atoms with Gasteiger partial charge in [0.2, 0.25) is 5.79 Å². The maximum Gasteiger partial charge on any atom is 0.296 e. The molecule has 1 N–H and O–H groups in total. The summed E-state index contributed by atoms with van der Waals surface area (Å²) in [5.41, 5.74) is 0. The van der Waals surface area contributed by atoms with Gasteiger partial charge in [0.25, 0.3) is 11.7 Å². The highest BCUT2D eigenvalue weighted by molar-refractivity contribution is 6.39. The fourth-order valence-corrected chi connectivity index (χ4v) is 4.00. The van der Waals surface area contributed by atoms with Crippen LogP contribution in [0.3, 0.4) is 0 Å². The van der Waals surface area contributed by atoms with Crippen LogP contribution in [0, 0.1) is 11.8 Å². The molecule has 2 heterocycles. The highest BCUT2D eigenvalue weighted by Gasteiger charge is 2.55. The Morgan fingerprint density at radius 1 is 1.27 bits per heavy atom. The number of ketones is 2. The zero-order chi connectivity index (χ0) is 19.6. The van der Waals surface area contributed by atoms with Gasteiger partial charge in [-0.05, 0) is 38.5 Å². The van der Waals surface area contributed by atoms with Gasteiger partial charge in [-0.3, -0.25) is 14.4 Å². The normalized spacial score (nSPS) is 35.4.